The number of hydrogen-bond acceptors (Lipinski definition) is 6. The van der Waals surface area contributed by atoms with E-state index in [9.17, 15) is 13.5 Å². The molecule has 3 rings (SSSR count). The van der Waals surface area contributed by atoms with Crippen LogP contribution < -0.4 is 0 Å². The van der Waals surface area contributed by atoms with E-state index in [0.29, 0.717) is 24.5 Å². The lowest BCUT2D eigenvalue weighted by molar-refractivity contribution is 0.223. The lowest BCUT2D eigenvalue weighted by atomic mass is 9.92. The normalized spacial score (nSPS) is 23.2. The Labute approximate surface area is 133 Å². The highest BCUT2D eigenvalue weighted by Crippen LogP contribution is 2.37. The molecule has 8 heteroatoms. The first-order chi connectivity index (χ1) is 10.4. The van der Waals surface area contributed by atoms with Crippen molar-refractivity contribution < 1.29 is 18.0 Å². The molecular formula is C14H18N2O4S2. The number of hydrogen-bond donors (Lipinski definition) is 1. The highest BCUT2D eigenvalue weighted by Gasteiger charge is 2.41. The molecular weight excluding hydrogens is 324 g/mol. The molecule has 1 N–H and O–H groups in total. The van der Waals surface area contributed by atoms with Crippen molar-refractivity contribution in [3.05, 3.63) is 33.8 Å². The van der Waals surface area contributed by atoms with Gasteiger partial charge in [0.15, 0.2) is 5.76 Å². The van der Waals surface area contributed by atoms with Crippen molar-refractivity contribution in [1.29, 1.82) is 0 Å². The first kappa shape index (κ1) is 15.7. The van der Waals surface area contributed by atoms with Crippen LogP contribution in [-0.4, -0.2) is 42.7 Å². The Morgan fingerprint density at radius 1 is 1.45 bits per heavy atom. The standard InChI is InChI=1S/C14H18N2O4S2/c1-9-14(10(2)20-15-9)22(18,19)16-5-12(7-17)13(6-16)11-3-4-21-8-11/h3-4,8,12-13,17H,5-7H2,1-2H3. The lowest BCUT2D eigenvalue weighted by Crippen LogP contribution is -2.30. The molecule has 1 aliphatic heterocycles. The SMILES string of the molecule is Cc1noc(C)c1S(=O)(=O)N1CC(CO)C(c2ccsc2)C1. The number of aliphatic hydroxyl groups is 1. The van der Waals surface area contributed by atoms with E-state index in [1.54, 1.807) is 25.2 Å². The summed E-state index contributed by atoms with van der Waals surface area (Å²) < 4.78 is 32.1. The van der Waals surface area contributed by atoms with Gasteiger partial charge in [-0.1, -0.05) is 5.16 Å². The lowest BCUT2D eigenvalue weighted by Gasteiger charge is -2.16. The second kappa shape index (κ2) is 5.77. The first-order valence-corrected chi connectivity index (χ1v) is 9.39. The first-order valence-electron chi connectivity index (χ1n) is 7.01. The van der Waals surface area contributed by atoms with Crippen molar-refractivity contribution in [1.82, 2.24) is 9.46 Å². The van der Waals surface area contributed by atoms with Crippen molar-refractivity contribution in [2.75, 3.05) is 19.7 Å². The van der Waals surface area contributed by atoms with Gasteiger partial charge in [-0.2, -0.15) is 15.6 Å². The number of aromatic nitrogens is 1. The minimum Gasteiger partial charge on any atom is -0.396 e. The summed E-state index contributed by atoms with van der Waals surface area (Å²) in [7, 11) is -3.65. The van der Waals surface area contributed by atoms with E-state index in [4.69, 9.17) is 4.52 Å². The van der Waals surface area contributed by atoms with E-state index in [1.165, 1.54) is 4.31 Å². The van der Waals surface area contributed by atoms with Crippen LogP contribution in [0.15, 0.2) is 26.2 Å². The summed E-state index contributed by atoms with van der Waals surface area (Å²) in [5.74, 6) is 0.230. The van der Waals surface area contributed by atoms with E-state index < -0.39 is 10.0 Å². The van der Waals surface area contributed by atoms with Gasteiger partial charge in [0, 0.05) is 31.5 Å². The predicted molar refractivity (Wildman–Crippen MR) is 82.4 cm³/mol. The maximum absolute atomic E-state index is 12.9. The van der Waals surface area contributed by atoms with Crippen LogP contribution in [0.5, 0.6) is 0 Å². The highest BCUT2D eigenvalue weighted by molar-refractivity contribution is 7.89. The van der Waals surface area contributed by atoms with Gasteiger partial charge in [0.25, 0.3) is 0 Å². The van der Waals surface area contributed by atoms with E-state index >= 15 is 0 Å². The molecule has 0 bridgehead atoms. The fraction of sp³-hybridized carbons (Fsp3) is 0.500. The third-order valence-electron chi connectivity index (χ3n) is 4.18. The maximum Gasteiger partial charge on any atom is 0.248 e. The molecule has 0 radical (unpaired) electrons. The van der Waals surface area contributed by atoms with Gasteiger partial charge in [0.2, 0.25) is 10.0 Å². The van der Waals surface area contributed by atoms with Crippen molar-refractivity contribution in [2.45, 2.75) is 24.7 Å². The second-order valence-electron chi connectivity index (χ2n) is 5.58. The molecule has 1 saturated heterocycles. The highest BCUT2D eigenvalue weighted by atomic mass is 32.2. The smallest absolute Gasteiger partial charge is 0.248 e. The van der Waals surface area contributed by atoms with E-state index in [1.807, 2.05) is 16.8 Å². The molecule has 2 aromatic heterocycles. The van der Waals surface area contributed by atoms with Gasteiger partial charge >= 0.3 is 0 Å². The molecule has 0 spiro atoms. The van der Waals surface area contributed by atoms with Gasteiger partial charge in [0.05, 0.1) is 0 Å². The summed E-state index contributed by atoms with van der Waals surface area (Å²) in [5.41, 5.74) is 1.46. The number of nitrogens with zero attached hydrogens (tertiary/aromatic N) is 2. The predicted octanol–water partition coefficient (Wildman–Crippen LogP) is 1.75. The zero-order valence-electron chi connectivity index (χ0n) is 12.4. The molecule has 6 nitrogen and oxygen atoms in total. The Bertz CT molecular complexity index is 732. The minimum atomic E-state index is -3.65. The summed E-state index contributed by atoms with van der Waals surface area (Å²) >= 11 is 1.58. The monoisotopic (exact) mass is 342 g/mol. The van der Waals surface area contributed by atoms with Crippen molar-refractivity contribution in [3.8, 4) is 0 Å². The molecule has 3 heterocycles. The van der Waals surface area contributed by atoms with Crippen LogP contribution in [0.1, 0.15) is 22.9 Å². The zero-order valence-corrected chi connectivity index (χ0v) is 14.0. The average Bonchev–Trinajstić information content (AvgIpc) is 3.17. The Morgan fingerprint density at radius 3 is 2.77 bits per heavy atom. The number of thiophene rings is 1. The molecule has 0 amide bonds. The van der Waals surface area contributed by atoms with Crippen LogP contribution in [0.25, 0.3) is 0 Å². The molecule has 1 fully saturated rings. The summed E-state index contributed by atoms with van der Waals surface area (Å²) in [4.78, 5) is 0.148. The number of aryl methyl sites for hydroxylation is 2. The quantitative estimate of drug-likeness (QED) is 0.915. The van der Waals surface area contributed by atoms with Crippen LogP contribution in [0.4, 0.5) is 0 Å². The van der Waals surface area contributed by atoms with Gasteiger partial charge < -0.3 is 9.63 Å². The van der Waals surface area contributed by atoms with Crippen LogP contribution in [0, 0.1) is 19.8 Å². The van der Waals surface area contributed by atoms with Crippen LogP contribution >= 0.6 is 11.3 Å². The van der Waals surface area contributed by atoms with E-state index in [2.05, 4.69) is 5.16 Å². The maximum atomic E-state index is 12.9. The molecule has 0 aromatic carbocycles. The fourth-order valence-electron chi connectivity index (χ4n) is 3.05. The molecule has 22 heavy (non-hydrogen) atoms. The Hall–Kier alpha value is -1.22. The molecule has 0 saturated carbocycles. The van der Waals surface area contributed by atoms with Crippen LogP contribution in [-0.2, 0) is 10.0 Å². The number of sulfonamides is 1. The molecule has 120 valence electrons. The Balaban J connectivity index is 1.93. The van der Waals surface area contributed by atoms with Gasteiger partial charge in [-0.15, -0.1) is 0 Å². The van der Waals surface area contributed by atoms with E-state index in [0.717, 1.165) is 5.56 Å². The summed E-state index contributed by atoms with van der Waals surface area (Å²) in [6.07, 6.45) is 0. The van der Waals surface area contributed by atoms with Crippen molar-refractivity contribution in [3.63, 3.8) is 0 Å². The average molecular weight is 342 g/mol. The molecule has 2 atom stereocenters. The van der Waals surface area contributed by atoms with Gasteiger partial charge in [-0.3, -0.25) is 0 Å². The molecule has 2 unspecified atom stereocenters. The number of aliphatic hydroxyl groups excluding tert-OH is 1. The third-order valence-corrected chi connectivity index (χ3v) is 6.96. The van der Waals surface area contributed by atoms with Crippen LogP contribution in [0.3, 0.4) is 0 Å². The summed E-state index contributed by atoms with van der Waals surface area (Å²) in [6, 6.07) is 1.99. The Kier molecular flexibility index (Phi) is 4.11. The molecule has 2 aromatic rings. The van der Waals surface area contributed by atoms with Crippen molar-refractivity contribution >= 4 is 21.4 Å². The third kappa shape index (κ3) is 2.50. The molecule has 0 aliphatic carbocycles. The van der Waals surface area contributed by atoms with Crippen LogP contribution in [0.2, 0.25) is 0 Å². The fourth-order valence-corrected chi connectivity index (χ4v) is 5.59. The van der Waals surface area contributed by atoms with E-state index in [-0.39, 0.29) is 23.3 Å². The van der Waals surface area contributed by atoms with Crippen molar-refractivity contribution in [2.24, 2.45) is 5.92 Å². The zero-order chi connectivity index (χ0) is 15.9. The minimum absolute atomic E-state index is 0.0199. The number of rotatable bonds is 4. The summed E-state index contributed by atoms with van der Waals surface area (Å²) in [5, 5.41) is 17.3. The molecule has 1 aliphatic rings. The Morgan fingerprint density at radius 2 is 2.23 bits per heavy atom. The van der Waals surface area contributed by atoms with Gasteiger partial charge in [-0.25, -0.2) is 8.42 Å². The van der Waals surface area contributed by atoms with Gasteiger partial charge in [-0.05, 0) is 36.2 Å². The summed E-state index contributed by atoms with van der Waals surface area (Å²) in [6.45, 7) is 3.87. The second-order valence-corrected chi connectivity index (χ2v) is 8.24. The largest absolute Gasteiger partial charge is 0.396 e. The van der Waals surface area contributed by atoms with Gasteiger partial charge in [0.1, 0.15) is 10.6 Å². The topological polar surface area (TPSA) is 83.6 Å².